The first kappa shape index (κ1) is 13.3. The number of aromatic nitrogens is 5. The minimum Gasteiger partial charge on any atom is -0.311 e. The fraction of sp³-hybridized carbons (Fsp3) is 0.167. The zero-order chi connectivity index (χ0) is 15.0. The fourth-order valence-electron chi connectivity index (χ4n) is 1.93. The van der Waals surface area contributed by atoms with Crippen molar-refractivity contribution < 1.29 is 13.2 Å². The van der Waals surface area contributed by atoms with Crippen LogP contribution in [0.5, 0.6) is 0 Å². The van der Waals surface area contributed by atoms with Crippen LogP contribution in [0.25, 0.3) is 11.2 Å². The van der Waals surface area contributed by atoms with E-state index in [1.165, 1.54) is 23.1 Å². The van der Waals surface area contributed by atoms with E-state index in [0.29, 0.717) is 5.56 Å². The Labute approximate surface area is 115 Å². The average molecular weight is 295 g/mol. The van der Waals surface area contributed by atoms with E-state index in [1.54, 1.807) is 0 Å². The Kier molecular flexibility index (Phi) is 2.96. The molecule has 0 radical (unpaired) electrons. The first-order valence-corrected chi connectivity index (χ1v) is 5.88. The summed E-state index contributed by atoms with van der Waals surface area (Å²) in [5.74, 6) is 0. The largest absolute Gasteiger partial charge is 0.416 e. The van der Waals surface area contributed by atoms with E-state index in [9.17, 15) is 18.0 Å². The van der Waals surface area contributed by atoms with Crippen LogP contribution >= 0.6 is 0 Å². The lowest BCUT2D eigenvalue weighted by molar-refractivity contribution is -0.137. The molecule has 0 aliphatic heterocycles. The van der Waals surface area contributed by atoms with Gasteiger partial charge in [0.15, 0.2) is 11.2 Å². The third-order valence-electron chi connectivity index (χ3n) is 2.89. The predicted octanol–water partition coefficient (Wildman–Crippen LogP) is 1.58. The number of H-pyrrole nitrogens is 1. The molecule has 0 saturated heterocycles. The summed E-state index contributed by atoms with van der Waals surface area (Å²) in [5, 5.41) is 7.42. The first-order valence-electron chi connectivity index (χ1n) is 5.88. The summed E-state index contributed by atoms with van der Waals surface area (Å²) in [6, 6.07) is 4.88. The van der Waals surface area contributed by atoms with Crippen molar-refractivity contribution in [1.82, 2.24) is 25.0 Å². The van der Waals surface area contributed by atoms with Gasteiger partial charge in [-0.1, -0.05) is 17.3 Å². The molecule has 0 atom stereocenters. The van der Waals surface area contributed by atoms with E-state index < -0.39 is 17.3 Å². The smallest absolute Gasteiger partial charge is 0.311 e. The van der Waals surface area contributed by atoms with Crippen LogP contribution in [0, 0.1) is 0 Å². The number of nitrogens with zero attached hydrogens (tertiary/aromatic N) is 4. The highest BCUT2D eigenvalue weighted by atomic mass is 19.4. The third-order valence-corrected chi connectivity index (χ3v) is 2.89. The summed E-state index contributed by atoms with van der Waals surface area (Å²) >= 11 is 0. The second kappa shape index (κ2) is 4.69. The van der Waals surface area contributed by atoms with Gasteiger partial charge in [-0.25, -0.2) is 9.67 Å². The summed E-state index contributed by atoms with van der Waals surface area (Å²) in [6.07, 6.45) is -3.22. The van der Waals surface area contributed by atoms with Crippen molar-refractivity contribution in [3.05, 3.63) is 52.1 Å². The molecule has 108 valence electrons. The Morgan fingerprint density at radius 3 is 2.86 bits per heavy atom. The topological polar surface area (TPSA) is 76.5 Å². The minimum absolute atomic E-state index is 0.0386. The molecular weight excluding hydrogens is 287 g/mol. The van der Waals surface area contributed by atoms with Crippen LogP contribution in [0.15, 0.2) is 35.4 Å². The van der Waals surface area contributed by atoms with Gasteiger partial charge >= 0.3 is 6.18 Å². The number of hydrogen-bond acceptors (Lipinski definition) is 4. The maximum Gasteiger partial charge on any atom is 0.416 e. The minimum atomic E-state index is -4.41. The maximum absolute atomic E-state index is 12.7. The molecule has 1 N–H and O–H groups in total. The molecule has 2 aromatic heterocycles. The van der Waals surface area contributed by atoms with E-state index in [2.05, 4.69) is 20.3 Å². The quantitative estimate of drug-likeness (QED) is 0.778. The van der Waals surface area contributed by atoms with Crippen molar-refractivity contribution in [3.63, 3.8) is 0 Å². The Morgan fingerprint density at radius 2 is 2.10 bits per heavy atom. The molecule has 0 fully saturated rings. The molecule has 0 aliphatic rings. The summed E-state index contributed by atoms with van der Waals surface area (Å²) in [6.45, 7) is 0.0386. The first-order chi connectivity index (χ1) is 9.95. The van der Waals surface area contributed by atoms with Crippen LogP contribution in [0.1, 0.15) is 11.1 Å². The second-order valence-corrected chi connectivity index (χ2v) is 4.35. The molecule has 0 unspecified atom stereocenters. The highest BCUT2D eigenvalue weighted by Crippen LogP contribution is 2.29. The predicted molar refractivity (Wildman–Crippen MR) is 66.5 cm³/mol. The zero-order valence-electron chi connectivity index (χ0n) is 10.4. The summed E-state index contributed by atoms with van der Waals surface area (Å²) in [7, 11) is 0. The number of fused-ring (bicyclic) bond motifs is 1. The van der Waals surface area contributed by atoms with Crippen LogP contribution in [-0.2, 0) is 12.7 Å². The molecule has 3 rings (SSSR count). The molecular formula is C12H8F3N5O. The van der Waals surface area contributed by atoms with Crippen LogP contribution in [0.3, 0.4) is 0 Å². The number of halogens is 3. The number of nitrogens with one attached hydrogen (secondary N) is 1. The van der Waals surface area contributed by atoms with E-state index in [1.807, 2.05) is 0 Å². The summed E-state index contributed by atoms with van der Waals surface area (Å²) in [5.41, 5.74) is -0.537. The molecule has 0 bridgehead atoms. The molecule has 6 nitrogen and oxygen atoms in total. The van der Waals surface area contributed by atoms with Crippen molar-refractivity contribution in [3.8, 4) is 0 Å². The standard InChI is InChI=1S/C12H8F3N5O/c13-12(14,15)8-3-1-2-7(4-8)5-20-10-9(18-19-20)11(21)17-6-16-10/h1-4,6H,5H2,(H,16,17,21). The molecule has 0 spiro atoms. The molecule has 1 aromatic carbocycles. The lowest BCUT2D eigenvalue weighted by atomic mass is 10.1. The van der Waals surface area contributed by atoms with Crippen LogP contribution in [-0.4, -0.2) is 25.0 Å². The van der Waals surface area contributed by atoms with E-state index in [0.717, 1.165) is 12.1 Å². The van der Waals surface area contributed by atoms with Gasteiger partial charge in [-0.05, 0) is 17.7 Å². The highest BCUT2D eigenvalue weighted by Gasteiger charge is 2.30. The number of alkyl halides is 3. The van der Waals surface area contributed by atoms with Crippen molar-refractivity contribution >= 4 is 11.2 Å². The van der Waals surface area contributed by atoms with Gasteiger partial charge in [-0.3, -0.25) is 4.79 Å². The zero-order valence-corrected chi connectivity index (χ0v) is 10.4. The van der Waals surface area contributed by atoms with Gasteiger partial charge in [0, 0.05) is 0 Å². The molecule has 0 saturated carbocycles. The van der Waals surface area contributed by atoms with Crippen LogP contribution < -0.4 is 5.56 Å². The normalized spacial score (nSPS) is 12.0. The molecule has 2 heterocycles. The molecule has 9 heteroatoms. The Morgan fingerprint density at radius 1 is 1.29 bits per heavy atom. The molecule has 21 heavy (non-hydrogen) atoms. The lowest BCUT2D eigenvalue weighted by Gasteiger charge is -2.08. The monoisotopic (exact) mass is 295 g/mol. The Bertz CT molecular complexity index is 852. The SMILES string of the molecule is O=c1[nH]cnc2c1nnn2Cc1cccc(C(F)(F)F)c1. The lowest BCUT2D eigenvalue weighted by Crippen LogP contribution is -2.09. The van der Waals surface area contributed by atoms with Gasteiger partial charge < -0.3 is 4.98 Å². The Hall–Kier alpha value is -2.71. The van der Waals surface area contributed by atoms with Gasteiger partial charge in [0.2, 0.25) is 0 Å². The van der Waals surface area contributed by atoms with Crippen LogP contribution in [0.4, 0.5) is 13.2 Å². The van der Waals surface area contributed by atoms with Gasteiger partial charge in [0.25, 0.3) is 5.56 Å². The van der Waals surface area contributed by atoms with Crippen molar-refractivity contribution in [2.24, 2.45) is 0 Å². The fourth-order valence-corrected chi connectivity index (χ4v) is 1.93. The summed E-state index contributed by atoms with van der Waals surface area (Å²) in [4.78, 5) is 17.7. The molecule has 3 aromatic rings. The van der Waals surface area contributed by atoms with Gasteiger partial charge in [0.1, 0.15) is 0 Å². The second-order valence-electron chi connectivity index (χ2n) is 4.35. The number of hydrogen-bond donors (Lipinski definition) is 1. The van der Waals surface area contributed by atoms with Crippen LogP contribution in [0.2, 0.25) is 0 Å². The maximum atomic E-state index is 12.7. The Balaban J connectivity index is 2.00. The number of rotatable bonds is 2. The molecule has 0 amide bonds. The van der Waals surface area contributed by atoms with Crippen molar-refractivity contribution in [2.75, 3.05) is 0 Å². The summed E-state index contributed by atoms with van der Waals surface area (Å²) < 4.78 is 39.3. The highest BCUT2D eigenvalue weighted by molar-refractivity contribution is 5.67. The van der Waals surface area contributed by atoms with Crippen molar-refractivity contribution in [1.29, 1.82) is 0 Å². The van der Waals surface area contributed by atoms with E-state index in [4.69, 9.17) is 0 Å². The average Bonchev–Trinajstić information content (AvgIpc) is 2.83. The third kappa shape index (κ3) is 2.49. The van der Waals surface area contributed by atoms with E-state index >= 15 is 0 Å². The molecule has 0 aliphatic carbocycles. The van der Waals surface area contributed by atoms with Gasteiger partial charge in [0.05, 0.1) is 18.4 Å². The number of benzene rings is 1. The van der Waals surface area contributed by atoms with Crippen molar-refractivity contribution in [2.45, 2.75) is 12.7 Å². The van der Waals surface area contributed by atoms with Gasteiger partial charge in [-0.15, -0.1) is 5.10 Å². The van der Waals surface area contributed by atoms with E-state index in [-0.39, 0.29) is 17.7 Å². The van der Waals surface area contributed by atoms with Gasteiger partial charge in [-0.2, -0.15) is 13.2 Å². The number of aromatic amines is 1.